The van der Waals surface area contributed by atoms with Gasteiger partial charge in [0.1, 0.15) is 6.61 Å². The maximum atomic E-state index is 12.8. The van der Waals surface area contributed by atoms with Crippen molar-refractivity contribution in [1.82, 2.24) is 0 Å². The average molecular weight is 1220 g/mol. The summed E-state index contributed by atoms with van der Waals surface area (Å²) in [5.41, 5.74) is 5.40. The predicted molar refractivity (Wildman–Crippen MR) is 376 cm³/mol. The molecule has 0 aliphatic rings. The molecule has 0 heterocycles. The molecule has 0 spiro atoms. The number of phosphoric acid groups is 1. The van der Waals surface area contributed by atoms with E-state index in [1.54, 1.807) is 0 Å². The van der Waals surface area contributed by atoms with E-state index in [2.05, 4.69) is 196 Å². The molecule has 490 valence electrons. The summed E-state index contributed by atoms with van der Waals surface area (Å²) in [6.45, 7) is 3.49. The molecule has 87 heavy (non-hydrogen) atoms. The van der Waals surface area contributed by atoms with Crippen molar-refractivity contribution in [2.24, 2.45) is 5.73 Å². The van der Waals surface area contributed by atoms with E-state index in [0.717, 1.165) is 154 Å². The zero-order valence-electron chi connectivity index (χ0n) is 54.9. The molecule has 0 rings (SSSR count). The minimum atomic E-state index is -4.41. The second-order valence-corrected chi connectivity index (χ2v) is 23.4. The summed E-state index contributed by atoms with van der Waals surface area (Å²) in [4.78, 5) is 35.4. The second-order valence-electron chi connectivity index (χ2n) is 21.9. The number of unbranched alkanes of at least 4 members (excludes halogenated alkanes) is 19. The molecule has 10 heteroatoms. The highest BCUT2D eigenvalue weighted by Gasteiger charge is 2.26. The van der Waals surface area contributed by atoms with Gasteiger partial charge in [0.05, 0.1) is 13.2 Å². The van der Waals surface area contributed by atoms with Crippen LogP contribution in [0.4, 0.5) is 0 Å². The van der Waals surface area contributed by atoms with Gasteiger partial charge >= 0.3 is 19.8 Å². The first-order chi connectivity index (χ1) is 42.8. The van der Waals surface area contributed by atoms with E-state index in [4.69, 9.17) is 24.3 Å². The van der Waals surface area contributed by atoms with Crippen molar-refractivity contribution in [1.29, 1.82) is 0 Å². The Hall–Kier alpha value is -4.89. The highest BCUT2D eigenvalue weighted by atomic mass is 31.2. The third-order valence-electron chi connectivity index (χ3n) is 13.8. The zero-order chi connectivity index (χ0) is 63.0. The van der Waals surface area contributed by atoms with Crippen LogP contribution < -0.4 is 5.73 Å². The quantitative estimate of drug-likeness (QED) is 0.0264. The van der Waals surface area contributed by atoms with Gasteiger partial charge in [0.15, 0.2) is 6.10 Å². The van der Waals surface area contributed by atoms with Gasteiger partial charge in [0.25, 0.3) is 0 Å². The lowest BCUT2D eigenvalue weighted by molar-refractivity contribution is -0.161. The number of carbonyl (C=O) groups excluding carboxylic acids is 2. The Kier molecular flexibility index (Phi) is 66.3. The van der Waals surface area contributed by atoms with Crippen LogP contribution >= 0.6 is 7.82 Å². The molecular weight excluding hydrogens is 1100 g/mol. The Bertz CT molecular complexity index is 2080. The van der Waals surface area contributed by atoms with Gasteiger partial charge in [-0.25, -0.2) is 4.57 Å². The van der Waals surface area contributed by atoms with E-state index in [9.17, 15) is 19.0 Å². The van der Waals surface area contributed by atoms with E-state index in [1.807, 2.05) is 0 Å². The standard InChI is InChI=1S/C77H124NO8P/c1-3-5-7-9-11-13-15-17-19-21-23-25-27-29-31-33-35-36-37-38-40-42-44-46-48-50-52-54-56-58-60-62-64-66-68-70-77(80)86-75(74-85-87(81,82)84-72-71-78)73-83-76(79)69-67-65-63-61-59-57-55-53-51-49-47-45-43-41-39-34-32-30-28-26-24-22-20-18-16-14-12-10-8-6-4-2/h5-8,11-14,17-20,23-26,29-32,35-36,38-41,44,46,50,52,75H,3-4,9-10,15-16,21-22,27-28,33-34,37,42-43,45,47-49,51,53-74,78H2,1-2H3,(H,81,82)/b7-5-,8-6-,13-11-,14-12-,19-17-,20-18-,25-23-,26-24-,31-29-,32-30-,36-35-,40-38-,41-39-,46-44-,52-50-. The van der Waals surface area contributed by atoms with Crippen LogP contribution in [0, 0.1) is 0 Å². The molecule has 0 aliphatic heterocycles. The molecule has 2 atom stereocenters. The predicted octanol–water partition coefficient (Wildman–Crippen LogP) is 22.7. The molecule has 0 radical (unpaired) electrons. The highest BCUT2D eigenvalue weighted by Crippen LogP contribution is 2.43. The van der Waals surface area contributed by atoms with E-state index in [1.165, 1.54) is 70.6 Å². The van der Waals surface area contributed by atoms with Crippen molar-refractivity contribution in [3.8, 4) is 0 Å². The van der Waals surface area contributed by atoms with E-state index in [-0.39, 0.29) is 32.6 Å². The minimum absolute atomic E-state index is 0.0419. The van der Waals surface area contributed by atoms with Crippen molar-refractivity contribution in [2.45, 2.75) is 264 Å². The van der Waals surface area contributed by atoms with Crippen molar-refractivity contribution < 1.29 is 37.6 Å². The summed E-state index contributed by atoms with van der Waals surface area (Å²) in [7, 11) is -4.41. The molecular formula is C77H124NO8P. The van der Waals surface area contributed by atoms with Crippen molar-refractivity contribution in [2.75, 3.05) is 26.4 Å². The Morgan fingerprint density at radius 3 is 0.885 bits per heavy atom. The minimum Gasteiger partial charge on any atom is -0.462 e. The van der Waals surface area contributed by atoms with Gasteiger partial charge in [-0.1, -0.05) is 292 Å². The maximum Gasteiger partial charge on any atom is 0.472 e. The van der Waals surface area contributed by atoms with E-state index >= 15 is 0 Å². The second kappa shape index (κ2) is 70.2. The maximum absolute atomic E-state index is 12.8. The number of hydrogen-bond donors (Lipinski definition) is 2. The molecule has 0 saturated carbocycles. The summed E-state index contributed by atoms with van der Waals surface area (Å²) >= 11 is 0. The third kappa shape index (κ3) is 70.1. The van der Waals surface area contributed by atoms with Crippen LogP contribution in [0.5, 0.6) is 0 Å². The third-order valence-corrected chi connectivity index (χ3v) is 14.8. The first-order valence-electron chi connectivity index (χ1n) is 34.3. The highest BCUT2D eigenvalue weighted by molar-refractivity contribution is 7.47. The molecule has 0 aromatic rings. The lowest BCUT2D eigenvalue weighted by Crippen LogP contribution is -2.29. The van der Waals surface area contributed by atoms with Crippen LogP contribution in [0.25, 0.3) is 0 Å². The van der Waals surface area contributed by atoms with Gasteiger partial charge in [0.2, 0.25) is 0 Å². The number of esters is 2. The molecule has 0 fully saturated rings. The molecule has 0 aromatic carbocycles. The number of allylic oxidation sites excluding steroid dienone is 30. The fourth-order valence-electron chi connectivity index (χ4n) is 8.81. The molecule has 0 amide bonds. The lowest BCUT2D eigenvalue weighted by Gasteiger charge is -2.19. The monoisotopic (exact) mass is 1220 g/mol. The summed E-state index contributed by atoms with van der Waals surface area (Å²) < 4.78 is 33.2. The molecule has 2 unspecified atom stereocenters. The van der Waals surface area contributed by atoms with E-state index in [0.29, 0.717) is 6.42 Å². The molecule has 0 bridgehead atoms. The SMILES string of the molecule is CC/C=C\C/C=C\C/C=C\C/C=C\C/C=C\C/C=C\C/C=C\C/C=C\C/C=C\CCCCCCCCCC(=O)OC(COC(=O)CCCCCCCCCCCCCC/C=C\C/C=C\C/C=C\C/C=C\C/C=C\C/C=C\CC)COP(=O)(O)OCCN. The number of ether oxygens (including phenoxy) is 2. The molecule has 0 aromatic heterocycles. The number of rotatable bonds is 62. The van der Waals surface area contributed by atoms with Crippen LogP contribution in [-0.4, -0.2) is 49.3 Å². The summed E-state index contributed by atoms with van der Waals surface area (Å²) in [5.74, 6) is -0.853. The van der Waals surface area contributed by atoms with Crippen molar-refractivity contribution >= 4 is 19.8 Å². The smallest absolute Gasteiger partial charge is 0.462 e. The van der Waals surface area contributed by atoms with Crippen LogP contribution in [0.2, 0.25) is 0 Å². The average Bonchev–Trinajstić information content (AvgIpc) is 3.64. The van der Waals surface area contributed by atoms with Crippen molar-refractivity contribution in [3.63, 3.8) is 0 Å². The fraction of sp³-hybridized carbons (Fsp3) is 0.584. The number of phosphoric ester groups is 1. The first-order valence-corrected chi connectivity index (χ1v) is 35.8. The fourth-order valence-corrected chi connectivity index (χ4v) is 9.57. The first kappa shape index (κ1) is 82.1. The van der Waals surface area contributed by atoms with Gasteiger partial charge in [0, 0.05) is 19.4 Å². The lowest BCUT2D eigenvalue weighted by atomic mass is 10.0. The van der Waals surface area contributed by atoms with Gasteiger partial charge in [-0.05, 0) is 135 Å². The summed E-state index contributed by atoms with van der Waals surface area (Å²) in [5, 5.41) is 0. The van der Waals surface area contributed by atoms with Crippen LogP contribution in [0.1, 0.15) is 258 Å². The number of carbonyl (C=O) groups is 2. The van der Waals surface area contributed by atoms with Crippen LogP contribution in [0.3, 0.4) is 0 Å². The number of nitrogens with two attached hydrogens (primary N) is 1. The topological polar surface area (TPSA) is 134 Å². The van der Waals surface area contributed by atoms with Crippen LogP contribution in [-0.2, 0) is 32.7 Å². The Balaban J connectivity index is 4.01. The van der Waals surface area contributed by atoms with Gasteiger partial charge < -0.3 is 20.1 Å². The number of hydrogen-bond acceptors (Lipinski definition) is 8. The summed E-state index contributed by atoms with van der Waals surface area (Å²) in [6, 6.07) is 0. The van der Waals surface area contributed by atoms with Crippen LogP contribution in [0.15, 0.2) is 182 Å². The molecule has 0 aliphatic carbocycles. The summed E-state index contributed by atoms with van der Waals surface area (Å²) in [6.07, 6.45) is 105. The van der Waals surface area contributed by atoms with Gasteiger partial charge in [-0.15, -0.1) is 0 Å². The molecule has 0 saturated heterocycles. The zero-order valence-corrected chi connectivity index (χ0v) is 55.8. The van der Waals surface area contributed by atoms with Gasteiger partial charge in [-0.3, -0.25) is 18.6 Å². The molecule has 3 N–H and O–H groups in total. The van der Waals surface area contributed by atoms with E-state index < -0.39 is 32.5 Å². The van der Waals surface area contributed by atoms with Crippen molar-refractivity contribution in [3.05, 3.63) is 182 Å². The van der Waals surface area contributed by atoms with Gasteiger partial charge in [-0.2, -0.15) is 0 Å². The Morgan fingerprint density at radius 1 is 0.345 bits per heavy atom. The largest absolute Gasteiger partial charge is 0.472 e. The molecule has 9 nitrogen and oxygen atoms in total. The Labute approximate surface area is 533 Å². The Morgan fingerprint density at radius 2 is 0.598 bits per heavy atom. The normalized spacial score (nSPS) is 14.1.